The largest absolute Gasteiger partial charge is 0.481 e. The standard InChI is InChI=1S/C16H14ClFO2/c1-10-4-2-3-5-13(10)14(16(19)20)9-11-8-12(17)6-7-15(11)18/h2-8,14H,9H2,1H3,(H,19,20). The Kier molecular flexibility index (Phi) is 4.40. The summed E-state index contributed by atoms with van der Waals surface area (Å²) in [6.45, 7) is 1.85. The summed E-state index contributed by atoms with van der Waals surface area (Å²) in [5.74, 6) is -2.20. The van der Waals surface area contributed by atoms with Crippen molar-refractivity contribution in [3.8, 4) is 0 Å². The fourth-order valence-corrected chi connectivity index (χ4v) is 2.42. The van der Waals surface area contributed by atoms with Crippen molar-refractivity contribution in [3.05, 3.63) is 70.0 Å². The monoisotopic (exact) mass is 292 g/mol. The van der Waals surface area contributed by atoms with Crippen LogP contribution in [0.5, 0.6) is 0 Å². The molecule has 2 aromatic rings. The topological polar surface area (TPSA) is 37.3 Å². The summed E-state index contributed by atoms with van der Waals surface area (Å²) >= 11 is 5.84. The molecular weight excluding hydrogens is 279 g/mol. The Morgan fingerprint density at radius 3 is 2.65 bits per heavy atom. The average molecular weight is 293 g/mol. The van der Waals surface area contributed by atoms with Gasteiger partial charge in [-0.1, -0.05) is 35.9 Å². The van der Waals surface area contributed by atoms with Crippen LogP contribution in [0.1, 0.15) is 22.6 Å². The van der Waals surface area contributed by atoms with Gasteiger partial charge in [-0.3, -0.25) is 4.79 Å². The number of benzene rings is 2. The van der Waals surface area contributed by atoms with Crippen LogP contribution in [0.2, 0.25) is 5.02 Å². The fourth-order valence-electron chi connectivity index (χ4n) is 2.23. The molecule has 1 atom stereocenters. The first-order valence-corrected chi connectivity index (χ1v) is 6.59. The number of carboxylic acids is 1. The Morgan fingerprint density at radius 1 is 1.30 bits per heavy atom. The number of carboxylic acid groups (broad SMARTS) is 1. The van der Waals surface area contributed by atoms with Gasteiger partial charge < -0.3 is 5.11 Å². The van der Waals surface area contributed by atoms with Crippen LogP contribution in [0, 0.1) is 12.7 Å². The van der Waals surface area contributed by atoms with Crippen molar-refractivity contribution in [2.45, 2.75) is 19.3 Å². The summed E-state index contributed by atoms with van der Waals surface area (Å²) in [4.78, 5) is 11.5. The maximum atomic E-state index is 13.8. The van der Waals surface area contributed by atoms with Crippen molar-refractivity contribution < 1.29 is 14.3 Å². The molecule has 2 aromatic carbocycles. The van der Waals surface area contributed by atoms with E-state index >= 15 is 0 Å². The van der Waals surface area contributed by atoms with Gasteiger partial charge in [0.25, 0.3) is 0 Å². The normalized spacial score (nSPS) is 12.2. The molecule has 0 aliphatic rings. The van der Waals surface area contributed by atoms with Crippen LogP contribution >= 0.6 is 11.6 Å². The molecule has 0 bridgehead atoms. The number of aryl methyl sites for hydroxylation is 1. The van der Waals surface area contributed by atoms with Gasteiger partial charge >= 0.3 is 5.97 Å². The van der Waals surface area contributed by atoms with E-state index in [0.29, 0.717) is 16.1 Å². The number of rotatable bonds is 4. The van der Waals surface area contributed by atoms with E-state index in [1.165, 1.54) is 18.2 Å². The maximum absolute atomic E-state index is 13.8. The highest BCUT2D eigenvalue weighted by Crippen LogP contribution is 2.26. The molecule has 0 aromatic heterocycles. The second kappa shape index (κ2) is 6.06. The molecule has 0 amide bonds. The summed E-state index contributed by atoms with van der Waals surface area (Å²) in [6.07, 6.45) is 0.0760. The number of hydrogen-bond donors (Lipinski definition) is 1. The Hall–Kier alpha value is -1.87. The first kappa shape index (κ1) is 14.5. The molecule has 0 heterocycles. The molecule has 2 nitrogen and oxygen atoms in total. The Balaban J connectivity index is 2.38. The smallest absolute Gasteiger partial charge is 0.311 e. The molecule has 0 saturated heterocycles. The molecule has 0 aliphatic heterocycles. The van der Waals surface area contributed by atoms with Crippen molar-refractivity contribution in [2.75, 3.05) is 0 Å². The zero-order chi connectivity index (χ0) is 14.7. The first-order valence-electron chi connectivity index (χ1n) is 6.21. The van der Waals surface area contributed by atoms with Crippen molar-refractivity contribution in [1.29, 1.82) is 0 Å². The average Bonchev–Trinajstić information content (AvgIpc) is 2.40. The quantitative estimate of drug-likeness (QED) is 0.917. The molecule has 0 fully saturated rings. The molecule has 2 rings (SSSR count). The Bertz CT molecular complexity index is 640. The van der Waals surface area contributed by atoms with Gasteiger partial charge in [-0.2, -0.15) is 0 Å². The molecule has 0 spiro atoms. The number of hydrogen-bond acceptors (Lipinski definition) is 1. The number of halogens is 2. The third-order valence-electron chi connectivity index (χ3n) is 3.29. The number of aliphatic carboxylic acids is 1. The summed E-state index contributed by atoms with van der Waals surface area (Å²) < 4.78 is 13.8. The van der Waals surface area contributed by atoms with E-state index in [-0.39, 0.29) is 6.42 Å². The third-order valence-corrected chi connectivity index (χ3v) is 3.53. The van der Waals surface area contributed by atoms with Crippen LogP contribution in [-0.2, 0) is 11.2 Å². The van der Waals surface area contributed by atoms with Gasteiger partial charge in [-0.05, 0) is 48.2 Å². The lowest BCUT2D eigenvalue weighted by molar-refractivity contribution is -0.138. The summed E-state index contributed by atoms with van der Waals surface area (Å²) in [7, 11) is 0. The molecule has 0 radical (unpaired) electrons. The van der Waals surface area contributed by atoms with Gasteiger partial charge in [-0.25, -0.2) is 4.39 Å². The van der Waals surface area contributed by atoms with Crippen LogP contribution < -0.4 is 0 Å². The van der Waals surface area contributed by atoms with Crippen molar-refractivity contribution in [3.63, 3.8) is 0 Å². The molecule has 0 aliphatic carbocycles. The molecule has 20 heavy (non-hydrogen) atoms. The van der Waals surface area contributed by atoms with Gasteiger partial charge in [-0.15, -0.1) is 0 Å². The van der Waals surface area contributed by atoms with Crippen molar-refractivity contribution in [2.24, 2.45) is 0 Å². The van der Waals surface area contributed by atoms with E-state index < -0.39 is 17.7 Å². The minimum atomic E-state index is -0.973. The predicted octanol–water partition coefficient (Wildman–Crippen LogP) is 4.20. The molecule has 104 valence electrons. The van der Waals surface area contributed by atoms with Gasteiger partial charge in [0.15, 0.2) is 0 Å². The highest BCUT2D eigenvalue weighted by Gasteiger charge is 2.23. The van der Waals surface area contributed by atoms with Crippen LogP contribution in [0.3, 0.4) is 0 Å². The maximum Gasteiger partial charge on any atom is 0.311 e. The minimum absolute atomic E-state index is 0.0760. The molecule has 0 saturated carbocycles. The van der Waals surface area contributed by atoms with E-state index in [2.05, 4.69) is 0 Å². The predicted molar refractivity (Wildman–Crippen MR) is 76.7 cm³/mol. The molecule has 1 unspecified atom stereocenters. The number of carbonyl (C=O) groups is 1. The third kappa shape index (κ3) is 3.17. The van der Waals surface area contributed by atoms with Crippen LogP contribution in [-0.4, -0.2) is 11.1 Å². The van der Waals surface area contributed by atoms with E-state index in [0.717, 1.165) is 5.56 Å². The highest BCUT2D eigenvalue weighted by molar-refractivity contribution is 6.30. The lowest BCUT2D eigenvalue weighted by Crippen LogP contribution is -2.16. The van der Waals surface area contributed by atoms with E-state index in [1.807, 2.05) is 19.1 Å². The molecule has 1 N–H and O–H groups in total. The van der Waals surface area contributed by atoms with Crippen LogP contribution in [0.4, 0.5) is 4.39 Å². The minimum Gasteiger partial charge on any atom is -0.481 e. The lowest BCUT2D eigenvalue weighted by Gasteiger charge is -2.16. The summed E-state index contributed by atoms with van der Waals surface area (Å²) in [5.41, 5.74) is 1.88. The molecule has 4 heteroatoms. The van der Waals surface area contributed by atoms with Crippen LogP contribution in [0.15, 0.2) is 42.5 Å². The second-order valence-electron chi connectivity index (χ2n) is 4.69. The van der Waals surface area contributed by atoms with E-state index in [4.69, 9.17) is 11.6 Å². The SMILES string of the molecule is Cc1ccccc1C(Cc1cc(Cl)ccc1F)C(=O)O. The van der Waals surface area contributed by atoms with Gasteiger partial charge in [0.1, 0.15) is 5.82 Å². The zero-order valence-corrected chi connectivity index (χ0v) is 11.7. The molecular formula is C16H14ClFO2. The van der Waals surface area contributed by atoms with E-state index in [1.54, 1.807) is 12.1 Å². The summed E-state index contributed by atoms with van der Waals surface area (Å²) in [6, 6.07) is 11.4. The van der Waals surface area contributed by atoms with Crippen molar-refractivity contribution in [1.82, 2.24) is 0 Å². The summed E-state index contributed by atoms with van der Waals surface area (Å²) in [5, 5.41) is 9.82. The Labute approximate surface area is 121 Å². The fraction of sp³-hybridized carbons (Fsp3) is 0.188. The zero-order valence-electron chi connectivity index (χ0n) is 10.9. The van der Waals surface area contributed by atoms with Gasteiger partial charge in [0.2, 0.25) is 0 Å². The first-order chi connectivity index (χ1) is 9.49. The van der Waals surface area contributed by atoms with Gasteiger partial charge in [0, 0.05) is 5.02 Å². The van der Waals surface area contributed by atoms with Gasteiger partial charge in [0.05, 0.1) is 5.92 Å². The lowest BCUT2D eigenvalue weighted by atomic mass is 9.89. The van der Waals surface area contributed by atoms with Crippen LogP contribution in [0.25, 0.3) is 0 Å². The van der Waals surface area contributed by atoms with E-state index in [9.17, 15) is 14.3 Å². The highest BCUT2D eigenvalue weighted by atomic mass is 35.5. The van der Waals surface area contributed by atoms with Crippen molar-refractivity contribution >= 4 is 17.6 Å². The Morgan fingerprint density at radius 2 is 2.00 bits per heavy atom. The second-order valence-corrected chi connectivity index (χ2v) is 5.12.